The maximum Gasteiger partial charge on any atom is 0.326 e. The first-order chi connectivity index (χ1) is 12.1. The van der Waals surface area contributed by atoms with Crippen molar-refractivity contribution in [1.29, 1.82) is 0 Å². The number of rotatable bonds is 4. The molecule has 3 aromatic carbocycles. The summed E-state index contributed by atoms with van der Waals surface area (Å²) in [5, 5.41) is 0. The third kappa shape index (κ3) is 3.56. The minimum Gasteiger partial charge on any atom is -0.283 e. The Balaban J connectivity index is 2.13. The van der Waals surface area contributed by atoms with Crippen LogP contribution in [0, 0.1) is 0 Å². The lowest BCUT2D eigenvalue weighted by molar-refractivity contribution is -0.113. The second kappa shape index (κ2) is 7.23. The number of carbonyl (C=O) groups is 2. The number of hydrogen-bond acceptors (Lipinski definition) is 3. The normalized spacial score (nSPS) is 10.9. The smallest absolute Gasteiger partial charge is 0.283 e. The summed E-state index contributed by atoms with van der Waals surface area (Å²) in [4.78, 5) is 25.5. The fourth-order valence-electron chi connectivity index (χ4n) is 2.32. The average Bonchev–Trinajstić information content (AvgIpc) is 2.69. The molecule has 0 aromatic heterocycles. The van der Waals surface area contributed by atoms with Gasteiger partial charge in [-0.2, -0.15) is 0 Å². The summed E-state index contributed by atoms with van der Waals surface area (Å²) in [7, 11) is -3.24. The lowest BCUT2D eigenvalue weighted by atomic mass is 10.1. The van der Waals surface area contributed by atoms with E-state index in [0.717, 1.165) is 0 Å². The molecular formula is C20H15NO3S. The quantitative estimate of drug-likeness (QED) is 0.528. The van der Waals surface area contributed by atoms with Crippen LogP contribution < -0.4 is 0 Å². The predicted molar refractivity (Wildman–Crippen MR) is 95.8 cm³/mol. The zero-order valence-electron chi connectivity index (χ0n) is 13.2. The highest BCUT2D eigenvalue weighted by Crippen LogP contribution is 2.23. The number of amides is 1. The molecule has 0 aliphatic heterocycles. The second-order valence-corrected chi connectivity index (χ2v) is 7.42. The molecule has 0 aliphatic carbocycles. The molecule has 3 rings (SSSR count). The van der Waals surface area contributed by atoms with E-state index >= 15 is 0 Å². The summed E-state index contributed by atoms with van der Waals surface area (Å²) in [6.07, 6.45) is 0. The monoisotopic (exact) mass is 349 g/mol. The molecule has 0 saturated carbocycles. The van der Waals surface area contributed by atoms with Crippen LogP contribution in [0.5, 0.6) is 0 Å². The Morgan fingerprint density at radius 1 is 0.640 bits per heavy atom. The molecule has 0 bridgehead atoms. The Labute approximate surface area is 146 Å². The van der Waals surface area contributed by atoms with Gasteiger partial charge in [0, 0.05) is 5.56 Å². The van der Waals surface area contributed by atoms with Gasteiger partial charge in [0.15, 0.2) is 0 Å². The standard InChI is InChI=1S/C20H15NO3S/c22-19(16-10-4-1-5-11-16)20(23)21-25(24,17-12-6-2-7-13-17)18-14-8-3-9-15-18/h1-15H. The lowest BCUT2D eigenvalue weighted by Gasteiger charge is -2.10. The maximum absolute atomic E-state index is 13.6. The van der Waals surface area contributed by atoms with Crippen molar-refractivity contribution in [2.75, 3.05) is 0 Å². The van der Waals surface area contributed by atoms with E-state index in [1.807, 2.05) is 0 Å². The molecule has 1 amide bonds. The number of hydrogen-bond donors (Lipinski definition) is 0. The molecule has 0 radical (unpaired) electrons. The number of nitrogens with zero attached hydrogens (tertiary/aromatic N) is 1. The first kappa shape index (κ1) is 16.8. The predicted octanol–water partition coefficient (Wildman–Crippen LogP) is 3.98. The van der Waals surface area contributed by atoms with Crippen LogP contribution in [0.4, 0.5) is 0 Å². The van der Waals surface area contributed by atoms with E-state index in [1.165, 1.54) is 12.1 Å². The molecule has 0 aliphatic rings. The zero-order chi connectivity index (χ0) is 17.7. The van der Waals surface area contributed by atoms with Crippen LogP contribution in [0.2, 0.25) is 0 Å². The van der Waals surface area contributed by atoms with E-state index in [1.54, 1.807) is 78.9 Å². The summed E-state index contributed by atoms with van der Waals surface area (Å²) in [5.41, 5.74) is 0.221. The van der Waals surface area contributed by atoms with Gasteiger partial charge in [0.2, 0.25) is 0 Å². The summed E-state index contributed by atoms with van der Waals surface area (Å²) in [5.74, 6) is -1.80. The Morgan fingerprint density at radius 2 is 1.04 bits per heavy atom. The summed E-state index contributed by atoms with van der Waals surface area (Å²) < 4.78 is 17.5. The fourth-order valence-corrected chi connectivity index (χ4v) is 4.17. The highest BCUT2D eigenvalue weighted by Gasteiger charge is 2.22. The highest BCUT2D eigenvalue weighted by molar-refractivity contribution is 7.94. The van der Waals surface area contributed by atoms with Crippen LogP contribution in [0.3, 0.4) is 0 Å². The van der Waals surface area contributed by atoms with Crippen LogP contribution in [-0.2, 0) is 14.5 Å². The van der Waals surface area contributed by atoms with Crippen LogP contribution >= 0.6 is 0 Å². The first-order valence-electron chi connectivity index (χ1n) is 7.62. The first-order valence-corrected chi connectivity index (χ1v) is 9.14. The summed E-state index contributed by atoms with van der Waals surface area (Å²) in [6, 6.07) is 25.1. The average molecular weight is 349 g/mol. The topological polar surface area (TPSA) is 63.6 Å². The molecule has 124 valence electrons. The van der Waals surface area contributed by atoms with Crippen molar-refractivity contribution >= 4 is 21.4 Å². The van der Waals surface area contributed by atoms with Gasteiger partial charge in [-0.3, -0.25) is 9.59 Å². The van der Waals surface area contributed by atoms with Crippen LogP contribution in [0.25, 0.3) is 0 Å². The Bertz CT molecular complexity index is 961. The summed E-state index contributed by atoms with van der Waals surface area (Å²) in [6.45, 7) is 0. The van der Waals surface area contributed by atoms with Crippen molar-refractivity contribution in [3.05, 3.63) is 96.6 Å². The summed E-state index contributed by atoms with van der Waals surface area (Å²) >= 11 is 0. The number of ketones is 1. The Kier molecular flexibility index (Phi) is 4.86. The molecule has 0 fully saturated rings. The van der Waals surface area contributed by atoms with Gasteiger partial charge in [0.1, 0.15) is 9.73 Å². The fraction of sp³-hybridized carbons (Fsp3) is 0. The Morgan fingerprint density at radius 3 is 1.48 bits per heavy atom. The van der Waals surface area contributed by atoms with Gasteiger partial charge < -0.3 is 0 Å². The third-order valence-electron chi connectivity index (χ3n) is 3.57. The third-order valence-corrected chi connectivity index (χ3v) is 5.81. The van der Waals surface area contributed by atoms with Gasteiger partial charge in [-0.1, -0.05) is 66.7 Å². The maximum atomic E-state index is 13.6. The van der Waals surface area contributed by atoms with E-state index in [9.17, 15) is 13.8 Å². The van der Waals surface area contributed by atoms with Crippen LogP contribution in [0.15, 0.2) is 105 Å². The zero-order valence-corrected chi connectivity index (χ0v) is 14.1. The van der Waals surface area contributed by atoms with Crippen molar-refractivity contribution in [1.82, 2.24) is 0 Å². The van der Waals surface area contributed by atoms with Gasteiger partial charge in [-0.25, -0.2) is 4.21 Å². The number of carbonyl (C=O) groups excluding carboxylic acids is 2. The molecule has 3 aromatic rings. The minimum absolute atomic E-state index is 0.221. The number of benzene rings is 3. The van der Waals surface area contributed by atoms with E-state index in [0.29, 0.717) is 9.79 Å². The van der Waals surface area contributed by atoms with Crippen LogP contribution in [-0.4, -0.2) is 15.9 Å². The minimum atomic E-state index is -3.24. The van der Waals surface area contributed by atoms with Crippen molar-refractivity contribution < 1.29 is 13.8 Å². The molecule has 0 saturated heterocycles. The van der Waals surface area contributed by atoms with Gasteiger partial charge >= 0.3 is 5.91 Å². The van der Waals surface area contributed by atoms with Crippen molar-refractivity contribution in [3.8, 4) is 0 Å². The highest BCUT2D eigenvalue weighted by atomic mass is 32.2. The van der Waals surface area contributed by atoms with E-state index in [4.69, 9.17) is 0 Å². The number of Topliss-reactive ketones (excluding diaryl/α,β-unsaturated/α-hetero) is 1. The molecule has 0 N–H and O–H groups in total. The van der Waals surface area contributed by atoms with Crippen LogP contribution in [0.1, 0.15) is 10.4 Å². The Hall–Kier alpha value is -3.05. The SMILES string of the molecule is O=C(N=S(=O)(c1ccccc1)c1ccccc1)C(=O)c1ccccc1. The van der Waals surface area contributed by atoms with E-state index in [-0.39, 0.29) is 5.56 Å². The largest absolute Gasteiger partial charge is 0.326 e. The van der Waals surface area contributed by atoms with Gasteiger partial charge in [-0.15, -0.1) is 4.36 Å². The lowest BCUT2D eigenvalue weighted by Crippen LogP contribution is -2.15. The van der Waals surface area contributed by atoms with Gasteiger partial charge in [0.25, 0.3) is 5.78 Å². The molecule has 0 spiro atoms. The van der Waals surface area contributed by atoms with Gasteiger partial charge in [0.05, 0.1) is 9.79 Å². The van der Waals surface area contributed by atoms with Crippen molar-refractivity contribution in [2.24, 2.45) is 4.36 Å². The molecule has 25 heavy (non-hydrogen) atoms. The molecule has 4 nitrogen and oxygen atoms in total. The van der Waals surface area contributed by atoms with Gasteiger partial charge in [-0.05, 0) is 24.3 Å². The molecule has 0 atom stereocenters. The van der Waals surface area contributed by atoms with E-state index < -0.39 is 21.4 Å². The second-order valence-electron chi connectivity index (χ2n) is 5.24. The van der Waals surface area contributed by atoms with Crippen molar-refractivity contribution in [3.63, 3.8) is 0 Å². The van der Waals surface area contributed by atoms with Crippen molar-refractivity contribution in [2.45, 2.75) is 9.79 Å². The molecule has 0 heterocycles. The molecule has 5 heteroatoms. The molecular weight excluding hydrogens is 334 g/mol. The molecule has 0 unspecified atom stereocenters. The van der Waals surface area contributed by atoms with E-state index in [2.05, 4.69) is 4.36 Å².